The van der Waals surface area contributed by atoms with Crippen LogP contribution in [0.2, 0.25) is 0 Å². The first-order chi connectivity index (χ1) is 5.34. The fraction of sp³-hybridized carbons (Fsp3) is 0.222. The maximum atomic E-state index is 8.90. The van der Waals surface area contributed by atoms with E-state index in [1.165, 1.54) is 6.07 Å². The molecule has 0 aliphatic heterocycles. The van der Waals surface area contributed by atoms with Crippen LogP contribution in [0.5, 0.6) is 5.75 Å². The summed E-state index contributed by atoms with van der Waals surface area (Å²) in [6, 6.07) is 6.47. The molecule has 0 aliphatic rings. The molecule has 0 fully saturated rings. The molecule has 1 N–H and O–H groups in total. The number of nitrogens with zero attached hydrogens (tertiary/aromatic N) is 1. The lowest BCUT2D eigenvalue weighted by Crippen LogP contribution is -1.61. The number of phenolic OH excluding ortho intramolecular Hbond substituents is 1. The summed E-state index contributed by atoms with van der Waals surface area (Å²) in [7, 11) is 0. The van der Waals surface area contributed by atoms with E-state index in [0.29, 0.717) is 5.69 Å². The first kappa shape index (κ1) is 9.51. The average Bonchev–Trinajstić information content (AvgIpc) is 2.09. The van der Waals surface area contributed by atoms with Crippen molar-refractivity contribution in [3.8, 4) is 5.75 Å². The highest BCUT2D eigenvalue weighted by Crippen LogP contribution is 2.23. The number of phenols is 1. The van der Waals surface area contributed by atoms with E-state index in [-0.39, 0.29) is 5.75 Å². The van der Waals surface area contributed by atoms with E-state index in [4.69, 9.17) is 11.7 Å². The third kappa shape index (κ3) is 2.72. The Morgan fingerprint density at radius 2 is 1.82 bits per heavy atom. The van der Waals surface area contributed by atoms with Crippen LogP contribution in [0.15, 0.2) is 24.3 Å². The van der Waals surface area contributed by atoms with Crippen molar-refractivity contribution in [3.63, 3.8) is 0 Å². The van der Waals surface area contributed by atoms with Gasteiger partial charge in [0.1, 0.15) is 5.75 Å². The maximum Gasteiger partial charge on any atom is 0.227 e. The van der Waals surface area contributed by atoms with Crippen molar-refractivity contribution < 1.29 is 5.11 Å². The largest absolute Gasteiger partial charge is 0.519 e. The lowest BCUT2D eigenvalue weighted by atomic mass is 10.3. The van der Waals surface area contributed by atoms with Crippen molar-refractivity contribution in [2.45, 2.75) is 13.8 Å². The third-order valence-electron chi connectivity index (χ3n) is 1.00. The van der Waals surface area contributed by atoms with Gasteiger partial charge in [0.15, 0.2) is 0 Å². The summed E-state index contributed by atoms with van der Waals surface area (Å²) in [5.74, 6) is 0.0486. The Hall–Kier alpha value is -1.49. The maximum absolute atomic E-state index is 8.90. The van der Waals surface area contributed by atoms with Crippen LogP contribution in [-0.2, 0) is 0 Å². The summed E-state index contributed by atoms with van der Waals surface area (Å²) in [4.78, 5) is 3.07. The fourth-order valence-electron chi connectivity index (χ4n) is 0.559. The highest BCUT2D eigenvalue weighted by molar-refractivity contribution is 5.55. The Labute approximate surface area is 66.9 Å². The van der Waals surface area contributed by atoms with Gasteiger partial charge in [-0.1, -0.05) is 32.0 Å². The molecular weight excluding hydrogens is 138 g/mol. The molecule has 1 rings (SSSR count). The summed E-state index contributed by atoms with van der Waals surface area (Å²) in [5.41, 5.74) is 0.303. The van der Waals surface area contributed by atoms with Crippen LogP contribution in [0.3, 0.4) is 0 Å². The predicted molar refractivity (Wildman–Crippen MR) is 45.7 cm³/mol. The van der Waals surface area contributed by atoms with E-state index in [0.717, 1.165) is 0 Å². The topological polar surface area (TPSA) is 24.6 Å². The molecule has 0 saturated carbocycles. The minimum Gasteiger partial charge on any atom is -0.519 e. The number of rotatable bonds is 0. The zero-order valence-electron chi connectivity index (χ0n) is 6.70. The Balaban J connectivity index is 0.000000461. The van der Waals surface area contributed by atoms with Gasteiger partial charge in [0.05, 0.1) is 6.57 Å². The van der Waals surface area contributed by atoms with Gasteiger partial charge in [-0.25, -0.2) is 4.85 Å². The molecule has 2 nitrogen and oxygen atoms in total. The molecule has 0 unspecified atom stereocenters. The smallest absolute Gasteiger partial charge is 0.227 e. The van der Waals surface area contributed by atoms with Crippen LogP contribution in [0, 0.1) is 6.57 Å². The quantitative estimate of drug-likeness (QED) is 0.563. The molecule has 58 valence electrons. The third-order valence-corrected chi connectivity index (χ3v) is 1.00. The normalized spacial score (nSPS) is 7.36. The number of benzene rings is 1. The predicted octanol–water partition coefficient (Wildman–Crippen LogP) is 2.97. The van der Waals surface area contributed by atoms with Crippen LogP contribution in [-0.4, -0.2) is 5.11 Å². The molecule has 1 aromatic carbocycles. The van der Waals surface area contributed by atoms with Crippen molar-refractivity contribution in [1.82, 2.24) is 0 Å². The van der Waals surface area contributed by atoms with Gasteiger partial charge in [0, 0.05) is 0 Å². The molecule has 11 heavy (non-hydrogen) atoms. The van der Waals surface area contributed by atoms with E-state index in [2.05, 4.69) is 4.85 Å². The van der Waals surface area contributed by atoms with Crippen LogP contribution in [0.4, 0.5) is 5.69 Å². The highest BCUT2D eigenvalue weighted by Gasteiger charge is 1.93. The van der Waals surface area contributed by atoms with Gasteiger partial charge in [-0.05, 0) is 6.07 Å². The highest BCUT2D eigenvalue weighted by atomic mass is 16.3. The lowest BCUT2D eigenvalue weighted by molar-refractivity contribution is 0.478. The zero-order valence-corrected chi connectivity index (χ0v) is 6.70. The number of hydrogen-bond acceptors (Lipinski definition) is 1. The summed E-state index contributed by atoms with van der Waals surface area (Å²) >= 11 is 0. The van der Waals surface area contributed by atoms with E-state index < -0.39 is 0 Å². The van der Waals surface area contributed by atoms with E-state index >= 15 is 0 Å². The standard InChI is InChI=1S/C7H5NO.C2H6/c1-8-6-4-2-3-5-7(6)9;1-2/h2-5,9H;1-2H3. The van der Waals surface area contributed by atoms with Crippen LogP contribution >= 0.6 is 0 Å². The summed E-state index contributed by atoms with van der Waals surface area (Å²) in [6.07, 6.45) is 0. The Morgan fingerprint density at radius 1 is 1.27 bits per heavy atom. The molecule has 0 amide bonds. The van der Waals surface area contributed by atoms with Gasteiger partial charge >= 0.3 is 0 Å². The Morgan fingerprint density at radius 3 is 2.18 bits per heavy atom. The van der Waals surface area contributed by atoms with Crippen molar-refractivity contribution in [3.05, 3.63) is 35.7 Å². The minimum absolute atomic E-state index is 0.0486. The van der Waals surface area contributed by atoms with E-state index in [9.17, 15) is 0 Å². The van der Waals surface area contributed by atoms with Crippen LogP contribution in [0.25, 0.3) is 4.85 Å². The van der Waals surface area contributed by atoms with E-state index in [1.807, 2.05) is 13.8 Å². The molecule has 0 aliphatic carbocycles. The molecule has 0 atom stereocenters. The molecule has 0 bridgehead atoms. The van der Waals surface area contributed by atoms with Crippen molar-refractivity contribution in [2.75, 3.05) is 0 Å². The van der Waals surface area contributed by atoms with Gasteiger partial charge in [0.25, 0.3) is 0 Å². The summed E-state index contributed by atoms with van der Waals surface area (Å²) in [6.45, 7) is 10.5. The molecule has 0 heterocycles. The summed E-state index contributed by atoms with van der Waals surface area (Å²) < 4.78 is 0. The van der Waals surface area contributed by atoms with Gasteiger partial charge < -0.3 is 5.11 Å². The second-order valence-corrected chi connectivity index (χ2v) is 1.60. The first-order valence-corrected chi connectivity index (χ1v) is 3.50. The Bertz CT molecular complexity index is 250. The summed E-state index contributed by atoms with van der Waals surface area (Å²) in [5, 5.41) is 8.90. The molecule has 0 radical (unpaired) electrons. The SMILES string of the molecule is CC.[C-]#[N+]c1ccccc1O. The van der Waals surface area contributed by atoms with Gasteiger partial charge in [-0.3, -0.25) is 0 Å². The molecule has 2 heteroatoms. The Kier molecular flexibility index (Phi) is 4.59. The number of aromatic hydroxyl groups is 1. The lowest BCUT2D eigenvalue weighted by Gasteiger charge is -1.90. The first-order valence-electron chi connectivity index (χ1n) is 3.50. The average molecular weight is 149 g/mol. The number of para-hydroxylation sites is 2. The molecular formula is C9H11NO. The van der Waals surface area contributed by atoms with Gasteiger partial charge in [-0.2, -0.15) is 0 Å². The second-order valence-electron chi connectivity index (χ2n) is 1.60. The van der Waals surface area contributed by atoms with Crippen LogP contribution in [0.1, 0.15) is 13.8 Å². The zero-order chi connectivity index (χ0) is 8.69. The molecule has 1 aromatic rings. The fourth-order valence-corrected chi connectivity index (χ4v) is 0.559. The van der Waals surface area contributed by atoms with Gasteiger partial charge in [0.2, 0.25) is 5.69 Å². The van der Waals surface area contributed by atoms with Gasteiger partial charge in [-0.15, -0.1) is 0 Å². The number of hydrogen-bond donors (Lipinski definition) is 1. The van der Waals surface area contributed by atoms with Crippen molar-refractivity contribution in [2.24, 2.45) is 0 Å². The van der Waals surface area contributed by atoms with Crippen molar-refractivity contribution >= 4 is 5.69 Å². The van der Waals surface area contributed by atoms with Crippen molar-refractivity contribution in [1.29, 1.82) is 0 Å². The molecule has 0 spiro atoms. The molecule has 0 saturated heterocycles. The second kappa shape index (κ2) is 5.31. The van der Waals surface area contributed by atoms with Crippen LogP contribution < -0.4 is 0 Å². The van der Waals surface area contributed by atoms with E-state index in [1.54, 1.807) is 18.2 Å². The minimum atomic E-state index is 0.0486. The monoisotopic (exact) mass is 149 g/mol. The molecule has 0 aromatic heterocycles.